The molecular formula is C20H23F3N2O2. The lowest BCUT2D eigenvalue weighted by atomic mass is 9.97. The van der Waals surface area contributed by atoms with Gasteiger partial charge >= 0.3 is 6.18 Å². The number of para-hydroxylation sites is 1. The topological polar surface area (TPSA) is 58.2 Å². The Labute approximate surface area is 156 Å². The highest BCUT2D eigenvalue weighted by molar-refractivity contribution is 6.13. The van der Waals surface area contributed by atoms with E-state index in [1.165, 1.54) is 30.2 Å². The van der Waals surface area contributed by atoms with Crippen molar-refractivity contribution in [2.45, 2.75) is 51.1 Å². The van der Waals surface area contributed by atoms with Gasteiger partial charge in [0.25, 0.3) is 0 Å². The lowest BCUT2D eigenvalue weighted by molar-refractivity contribution is -0.137. The Kier molecular flexibility index (Phi) is 5.58. The van der Waals surface area contributed by atoms with Crippen molar-refractivity contribution >= 4 is 17.5 Å². The second-order valence-electron chi connectivity index (χ2n) is 7.19. The van der Waals surface area contributed by atoms with Crippen LogP contribution in [0.5, 0.6) is 0 Å². The first kappa shape index (κ1) is 19.5. The van der Waals surface area contributed by atoms with Crippen LogP contribution in [-0.2, 0) is 15.8 Å². The van der Waals surface area contributed by atoms with Crippen LogP contribution in [0.2, 0.25) is 0 Å². The first-order valence-electron chi connectivity index (χ1n) is 9.27. The molecule has 2 amide bonds. The molecule has 0 saturated heterocycles. The summed E-state index contributed by atoms with van der Waals surface area (Å²) in [6, 6.07) is 4.79. The molecule has 1 fully saturated rings. The fourth-order valence-electron chi connectivity index (χ4n) is 3.40. The Balaban J connectivity index is 1.59. The van der Waals surface area contributed by atoms with Crippen molar-refractivity contribution in [1.29, 1.82) is 0 Å². The molecule has 1 aromatic rings. The van der Waals surface area contributed by atoms with Gasteiger partial charge in [-0.25, -0.2) is 0 Å². The van der Waals surface area contributed by atoms with Crippen molar-refractivity contribution in [1.82, 2.24) is 5.32 Å². The van der Waals surface area contributed by atoms with Crippen molar-refractivity contribution in [3.8, 4) is 0 Å². The molecule has 1 aromatic carbocycles. The van der Waals surface area contributed by atoms with Crippen molar-refractivity contribution in [3.05, 3.63) is 41.5 Å². The number of hydrogen-bond donors (Lipinski definition) is 2. The number of carbonyl (C=O) groups is 2. The molecule has 3 rings (SSSR count). The van der Waals surface area contributed by atoms with E-state index in [4.69, 9.17) is 0 Å². The number of allylic oxidation sites excluding steroid dienone is 1. The third-order valence-corrected chi connectivity index (χ3v) is 5.22. The Bertz CT molecular complexity index is 752. The predicted molar refractivity (Wildman–Crippen MR) is 95.9 cm³/mol. The van der Waals surface area contributed by atoms with Crippen LogP contribution in [-0.4, -0.2) is 18.4 Å². The van der Waals surface area contributed by atoms with Gasteiger partial charge in [-0.05, 0) is 57.1 Å². The van der Waals surface area contributed by atoms with E-state index in [1.54, 1.807) is 0 Å². The number of amides is 2. The Morgan fingerprint density at radius 1 is 1.07 bits per heavy atom. The lowest BCUT2D eigenvalue weighted by Gasteiger charge is -2.18. The molecule has 4 nitrogen and oxygen atoms in total. The van der Waals surface area contributed by atoms with Crippen molar-refractivity contribution in [3.63, 3.8) is 0 Å². The Hall–Kier alpha value is -2.31. The number of benzene rings is 1. The van der Waals surface area contributed by atoms with E-state index in [-0.39, 0.29) is 5.69 Å². The summed E-state index contributed by atoms with van der Waals surface area (Å²) in [5.41, 5.74) is -1.17. The number of hydrogen-bond acceptors (Lipinski definition) is 2. The smallest absolute Gasteiger partial charge is 0.355 e. The highest BCUT2D eigenvalue weighted by Gasteiger charge is 2.56. The molecular weight excluding hydrogens is 357 g/mol. The van der Waals surface area contributed by atoms with Crippen LogP contribution < -0.4 is 10.6 Å². The SMILES string of the molecule is O=C(NCCC1=CCCCC1)C1(C(=O)Nc2ccccc2C(F)(F)F)CC1. The lowest BCUT2D eigenvalue weighted by Crippen LogP contribution is -2.40. The molecule has 146 valence electrons. The second kappa shape index (κ2) is 7.74. The van der Waals surface area contributed by atoms with Gasteiger partial charge in [0.2, 0.25) is 11.8 Å². The van der Waals surface area contributed by atoms with Gasteiger partial charge in [0, 0.05) is 6.54 Å². The molecule has 0 heterocycles. The molecule has 7 heteroatoms. The monoisotopic (exact) mass is 380 g/mol. The number of carbonyl (C=O) groups excluding carboxylic acids is 2. The van der Waals surface area contributed by atoms with Crippen molar-refractivity contribution in [2.24, 2.45) is 5.41 Å². The van der Waals surface area contributed by atoms with Crippen LogP contribution in [0, 0.1) is 5.41 Å². The van der Waals surface area contributed by atoms with Gasteiger partial charge in [0.1, 0.15) is 5.41 Å². The average molecular weight is 380 g/mol. The summed E-state index contributed by atoms with van der Waals surface area (Å²) in [5, 5.41) is 5.09. The number of rotatable bonds is 6. The number of nitrogens with one attached hydrogen (secondary N) is 2. The summed E-state index contributed by atoms with van der Waals surface area (Å²) in [4.78, 5) is 25.0. The number of halogens is 3. The molecule has 2 N–H and O–H groups in total. The molecule has 0 atom stereocenters. The molecule has 1 saturated carbocycles. The van der Waals surface area contributed by atoms with Gasteiger partial charge in [-0.2, -0.15) is 13.2 Å². The van der Waals surface area contributed by atoms with Crippen molar-refractivity contribution < 1.29 is 22.8 Å². The molecule has 0 radical (unpaired) electrons. The van der Waals surface area contributed by atoms with Gasteiger partial charge in [0.15, 0.2) is 0 Å². The predicted octanol–water partition coefficient (Wildman–Crippen LogP) is 4.43. The zero-order chi connectivity index (χ0) is 19.5. The van der Waals surface area contributed by atoms with Gasteiger partial charge in [0.05, 0.1) is 11.3 Å². The first-order valence-corrected chi connectivity index (χ1v) is 9.27. The zero-order valence-electron chi connectivity index (χ0n) is 15.0. The maximum absolute atomic E-state index is 13.1. The van der Waals surface area contributed by atoms with E-state index in [2.05, 4.69) is 16.7 Å². The van der Waals surface area contributed by atoms with Crippen LogP contribution in [0.15, 0.2) is 35.9 Å². The molecule has 0 bridgehead atoms. The van der Waals surface area contributed by atoms with E-state index in [9.17, 15) is 22.8 Å². The summed E-state index contributed by atoms with van der Waals surface area (Å²) < 4.78 is 39.2. The highest BCUT2D eigenvalue weighted by Crippen LogP contribution is 2.47. The molecule has 2 aliphatic rings. The summed E-state index contributed by atoms with van der Waals surface area (Å²) in [7, 11) is 0. The Morgan fingerprint density at radius 3 is 2.44 bits per heavy atom. The molecule has 0 unspecified atom stereocenters. The number of anilines is 1. The van der Waals surface area contributed by atoms with Crippen LogP contribution in [0.3, 0.4) is 0 Å². The van der Waals surface area contributed by atoms with E-state index >= 15 is 0 Å². The minimum absolute atomic E-state index is 0.318. The molecule has 0 aromatic heterocycles. The minimum atomic E-state index is -4.57. The minimum Gasteiger partial charge on any atom is -0.355 e. The fraction of sp³-hybridized carbons (Fsp3) is 0.500. The van der Waals surface area contributed by atoms with Gasteiger partial charge in [-0.1, -0.05) is 23.8 Å². The van der Waals surface area contributed by atoms with Crippen LogP contribution in [0.1, 0.15) is 50.5 Å². The van der Waals surface area contributed by atoms with Crippen LogP contribution in [0.25, 0.3) is 0 Å². The second-order valence-corrected chi connectivity index (χ2v) is 7.19. The molecule has 0 aliphatic heterocycles. The standard InChI is InChI=1S/C20H23F3N2O2/c21-20(22,23)15-8-4-5-9-16(15)25-18(27)19(11-12-19)17(26)24-13-10-14-6-2-1-3-7-14/h4-6,8-9H,1-3,7,10-13H2,(H,24,26)(H,25,27). The van der Waals surface area contributed by atoms with Gasteiger partial charge < -0.3 is 10.6 Å². The van der Waals surface area contributed by atoms with Gasteiger partial charge in [-0.3, -0.25) is 9.59 Å². The maximum Gasteiger partial charge on any atom is 0.418 e. The first-order chi connectivity index (χ1) is 12.8. The quantitative estimate of drug-likeness (QED) is 0.567. The fourth-order valence-corrected chi connectivity index (χ4v) is 3.40. The van der Waals surface area contributed by atoms with E-state index < -0.39 is 29.0 Å². The molecule has 0 spiro atoms. The zero-order valence-corrected chi connectivity index (χ0v) is 15.0. The Morgan fingerprint density at radius 2 is 1.81 bits per heavy atom. The average Bonchev–Trinajstić information content (AvgIpc) is 3.44. The summed E-state index contributed by atoms with van der Waals surface area (Å²) in [5.74, 6) is -1.07. The normalized spacial score (nSPS) is 18.4. The van der Waals surface area contributed by atoms with Crippen LogP contribution >= 0.6 is 0 Å². The van der Waals surface area contributed by atoms with E-state index in [0.29, 0.717) is 19.4 Å². The summed E-state index contributed by atoms with van der Waals surface area (Å²) >= 11 is 0. The van der Waals surface area contributed by atoms with Crippen LogP contribution in [0.4, 0.5) is 18.9 Å². The van der Waals surface area contributed by atoms with Gasteiger partial charge in [-0.15, -0.1) is 0 Å². The third-order valence-electron chi connectivity index (χ3n) is 5.22. The number of alkyl halides is 3. The summed E-state index contributed by atoms with van der Waals surface area (Å²) in [6.07, 6.45) is 3.52. The van der Waals surface area contributed by atoms with E-state index in [1.807, 2.05) is 0 Å². The largest absolute Gasteiger partial charge is 0.418 e. The highest BCUT2D eigenvalue weighted by atomic mass is 19.4. The van der Waals surface area contributed by atoms with Crippen molar-refractivity contribution in [2.75, 3.05) is 11.9 Å². The molecule has 27 heavy (non-hydrogen) atoms. The maximum atomic E-state index is 13.1. The molecule has 2 aliphatic carbocycles. The van der Waals surface area contributed by atoms with E-state index in [0.717, 1.165) is 31.7 Å². The summed E-state index contributed by atoms with van der Waals surface area (Å²) in [6.45, 7) is 0.443. The third kappa shape index (κ3) is 4.51.